The Hall–Kier alpha value is -2.27. The first-order valence-electron chi connectivity index (χ1n) is 6.43. The summed E-state index contributed by atoms with van der Waals surface area (Å²) in [5.41, 5.74) is 1.11. The van der Waals surface area contributed by atoms with E-state index in [0.29, 0.717) is 10.7 Å². The number of H-pyrrole nitrogens is 1. The fraction of sp³-hybridized carbons (Fsp3) is 0.200. The number of halogens is 1. The molecule has 0 unspecified atom stereocenters. The van der Waals surface area contributed by atoms with Crippen molar-refractivity contribution in [2.24, 2.45) is 0 Å². The highest BCUT2D eigenvalue weighted by Crippen LogP contribution is 2.14. The topological polar surface area (TPSA) is 71.2 Å². The summed E-state index contributed by atoms with van der Waals surface area (Å²) in [6.45, 7) is 1.80. The molecule has 6 heteroatoms. The molecule has 21 heavy (non-hydrogen) atoms. The molecule has 0 aliphatic rings. The van der Waals surface area contributed by atoms with Gasteiger partial charge in [0.25, 0.3) is 5.91 Å². The summed E-state index contributed by atoms with van der Waals surface area (Å²) in [6, 6.07) is 10.5. The Balaban J connectivity index is 1.86. The molecule has 1 amide bonds. The molecule has 1 heterocycles. The van der Waals surface area contributed by atoms with Crippen LogP contribution in [0.4, 0.5) is 0 Å². The molecule has 110 valence electrons. The van der Waals surface area contributed by atoms with Gasteiger partial charge in [-0.25, -0.2) is 4.79 Å². The lowest BCUT2D eigenvalue weighted by molar-refractivity contribution is -0.129. The van der Waals surface area contributed by atoms with E-state index in [4.69, 9.17) is 16.3 Å². The van der Waals surface area contributed by atoms with Crippen LogP contribution in [0.15, 0.2) is 42.6 Å². The molecule has 5 nitrogen and oxygen atoms in total. The molecule has 0 bridgehead atoms. The van der Waals surface area contributed by atoms with Gasteiger partial charge in [0, 0.05) is 17.8 Å². The lowest BCUT2D eigenvalue weighted by Gasteiger charge is -2.13. The van der Waals surface area contributed by atoms with Crippen LogP contribution in [-0.2, 0) is 16.1 Å². The van der Waals surface area contributed by atoms with E-state index in [9.17, 15) is 9.59 Å². The summed E-state index contributed by atoms with van der Waals surface area (Å²) < 4.78 is 5.06. The SMILES string of the molecule is C[C@H](OC(=O)c1ccc[nH]1)C(=O)NCc1ccccc1Cl. The summed E-state index contributed by atoms with van der Waals surface area (Å²) in [5.74, 6) is -0.949. The van der Waals surface area contributed by atoms with E-state index in [0.717, 1.165) is 5.56 Å². The minimum absolute atomic E-state index is 0.281. The molecule has 2 N–H and O–H groups in total. The van der Waals surface area contributed by atoms with Crippen molar-refractivity contribution in [3.05, 3.63) is 58.9 Å². The van der Waals surface area contributed by atoms with E-state index in [1.165, 1.54) is 6.92 Å². The molecule has 1 aromatic carbocycles. The van der Waals surface area contributed by atoms with Crippen LogP contribution < -0.4 is 5.32 Å². The monoisotopic (exact) mass is 306 g/mol. The van der Waals surface area contributed by atoms with Gasteiger partial charge < -0.3 is 15.0 Å². The van der Waals surface area contributed by atoms with Gasteiger partial charge in [-0.3, -0.25) is 4.79 Å². The average molecular weight is 307 g/mol. The largest absolute Gasteiger partial charge is 0.448 e. The molecule has 0 spiro atoms. The van der Waals surface area contributed by atoms with Gasteiger partial charge in [-0.05, 0) is 30.7 Å². The number of aromatic nitrogens is 1. The predicted octanol–water partition coefficient (Wildman–Crippen LogP) is 2.53. The normalized spacial score (nSPS) is 11.7. The van der Waals surface area contributed by atoms with Crippen LogP contribution in [0.25, 0.3) is 0 Å². The Morgan fingerprint density at radius 1 is 1.29 bits per heavy atom. The van der Waals surface area contributed by atoms with E-state index in [1.807, 2.05) is 18.2 Å². The Bertz CT molecular complexity index is 626. The van der Waals surface area contributed by atoms with Crippen LogP contribution in [0.3, 0.4) is 0 Å². The lowest BCUT2D eigenvalue weighted by atomic mass is 10.2. The number of ether oxygens (including phenoxy) is 1. The number of rotatable bonds is 5. The van der Waals surface area contributed by atoms with E-state index < -0.39 is 12.1 Å². The second kappa shape index (κ2) is 6.95. The Kier molecular flexibility index (Phi) is 5.00. The summed E-state index contributed by atoms with van der Waals surface area (Å²) in [7, 11) is 0. The molecule has 0 aliphatic heterocycles. The maximum absolute atomic E-state index is 11.9. The van der Waals surface area contributed by atoms with Gasteiger partial charge >= 0.3 is 5.97 Å². The lowest BCUT2D eigenvalue weighted by Crippen LogP contribution is -2.35. The third-order valence-corrected chi connectivity index (χ3v) is 3.25. The van der Waals surface area contributed by atoms with Gasteiger partial charge in [0.2, 0.25) is 0 Å². The van der Waals surface area contributed by atoms with Crippen LogP contribution in [0.1, 0.15) is 23.0 Å². The number of nitrogens with one attached hydrogen (secondary N) is 2. The second-order valence-electron chi connectivity index (χ2n) is 4.44. The van der Waals surface area contributed by atoms with Gasteiger partial charge in [-0.2, -0.15) is 0 Å². The number of aromatic amines is 1. The van der Waals surface area contributed by atoms with Gasteiger partial charge in [-0.1, -0.05) is 29.8 Å². The van der Waals surface area contributed by atoms with E-state index in [-0.39, 0.29) is 12.5 Å². The minimum atomic E-state index is -0.886. The van der Waals surface area contributed by atoms with Crippen molar-refractivity contribution < 1.29 is 14.3 Å². The maximum atomic E-state index is 11.9. The van der Waals surface area contributed by atoms with Crippen molar-refractivity contribution in [1.82, 2.24) is 10.3 Å². The third kappa shape index (κ3) is 4.10. The molecule has 0 fully saturated rings. The van der Waals surface area contributed by atoms with E-state index in [1.54, 1.807) is 24.4 Å². The van der Waals surface area contributed by atoms with Gasteiger partial charge in [0.15, 0.2) is 6.10 Å². The fourth-order valence-corrected chi connectivity index (χ4v) is 1.91. The molecule has 0 saturated carbocycles. The van der Waals surface area contributed by atoms with Crippen molar-refractivity contribution in [1.29, 1.82) is 0 Å². The van der Waals surface area contributed by atoms with Gasteiger partial charge in [-0.15, -0.1) is 0 Å². The molecular formula is C15H15ClN2O3. The van der Waals surface area contributed by atoms with Crippen molar-refractivity contribution in [3.63, 3.8) is 0 Å². The average Bonchev–Trinajstić information content (AvgIpc) is 3.00. The first kappa shape index (κ1) is 15.1. The summed E-state index contributed by atoms with van der Waals surface area (Å²) >= 11 is 6.00. The van der Waals surface area contributed by atoms with E-state index >= 15 is 0 Å². The highest BCUT2D eigenvalue weighted by molar-refractivity contribution is 6.31. The fourth-order valence-electron chi connectivity index (χ4n) is 1.70. The van der Waals surface area contributed by atoms with Crippen LogP contribution >= 0.6 is 11.6 Å². The van der Waals surface area contributed by atoms with Crippen molar-refractivity contribution in [2.75, 3.05) is 0 Å². The maximum Gasteiger partial charge on any atom is 0.355 e. The van der Waals surface area contributed by atoms with Crippen molar-refractivity contribution in [3.8, 4) is 0 Å². The highest BCUT2D eigenvalue weighted by atomic mass is 35.5. The second-order valence-corrected chi connectivity index (χ2v) is 4.85. The molecule has 1 atom stereocenters. The van der Waals surface area contributed by atoms with Gasteiger partial charge in [0.1, 0.15) is 5.69 Å². The van der Waals surface area contributed by atoms with E-state index in [2.05, 4.69) is 10.3 Å². The van der Waals surface area contributed by atoms with Crippen LogP contribution in [0.2, 0.25) is 5.02 Å². The Morgan fingerprint density at radius 2 is 2.05 bits per heavy atom. The minimum Gasteiger partial charge on any atom is -0.448 e. The number of benzene rings is 1. The molecule has 2 rings (SSSR count). The number of hydrogen-bond donors (Lipinski definition) is 2. The predicted molar refractivity (Wildman–Crippen MR) is 79.0 cm³/mol. The number of carbonyl (C=O) groups excluding carboxylic acids is 2. The summed E-state index contributed by atoms with van der Waals surface area (Å²) in [6.07, 6.45) is 0.724. The molecule has 1 aromatic heterocycles. The first-order chi connectivity index (χ1) is 10.1. The highest BCUT2D eigenvalue weighted by Gasteiger charge is 2.19. The van der Waals surface area contributed by atoms with Crippen LogP contribution in [0, 0.1) is 0 Å². The van der Waals surface area contributed by atoms with Crippen molar-refractivity contribution >= 4 is 23.5 Å². The third-order valence-electron chi connectivity index (χ3n) is 2.88. The zero-order valence-corrected chi connectivity index (χ0v) is 12.2. The number of amides is 1. The first-order valence-corrected chi connectivity index (χ1v) is 6.81. The molecule has 0 radical (unpaired) electrons. The summed E-state index contributed by atoms with van der Waals surface area (Å²) in [4.78, 5) is 26.3. The quantitative estimate of drug-likeness (QED) is 0.834. The zero-order chi connectivity index (χ0) is 15.2. The number of esters is 1. The Morgan fingerprint density at radius 3 is 2.71 bits per heavy atom. The molecular weight excluding hydrogens is 292 g/mol. The molecule has 2 aromatic rings. The van der Waals surface area contributed by atoms with Crippen LogP contribution in [-0.4, -0.2) is 23.0 Å². The molecule has 0 saturated heterocycles. The van der Waals surface area contributed by atoms with Crippen molar-refractivity contribution in [2.45, 2.75) is 19.6 Å². The Labute approximate surface area is 127 Å². The zero-order valence-electron chi connectivity index (χ0n) is 11.4. The summed E-state index contributed by atoms with van der Waals surface area (Å²) in [5, 5.41) is 3.26. The standard InChI is InChI=1S/C15H15ClN2O3/c1-10(21-15(20)13-7-4-8-17-13)14(19)18-9-11-5-2-3-6-12(11)16/h2-8,10,17H,9H2,1H3,(H,18,19)/t10-/m0/s1. The molecule has 0 aliphatic carbocycles. The van der Waals surface area contributed by atoms with Gasteiger partial charge in [0.05, 0.1) is 0 Å². The number of carbonyl (C=O) groups is 2. The smallest absolute Gasteiger partial charge is 0.355 e. The number of hydrogen-bond acceptors (Lipinski definition) is 3. The van der Waals surface area contributed by atoms with Crippen LogP contribution in [0.5, 0.6) is 0 Å².